The SMILES string of the molecule is N#CC1CCCCOCCOCCOCCOCCOCCCCCC1=O. The number of rotatable bonds is 0. The second-order valence-corrected chi connectivity index (χ2v) is 6.52. The van der Waals surface area contributed by atoms with Crippen molar-refractivity contribution in [3.05, 3.63) is 0 Å². The molecule has 1 atom stereocenters. The van der Waals surface area contributed by atoms with Gasteiger partial charge < -0.3 is 23.7 Å². The topological polar surface area (TPSA) is 87.0 Å². The molecule has 0 aromatic heterocycles. The third-order valence-electron chi connectivity index (χ3n) is 4.28. The summed E-state index contributed by atoms with van der Waals surface area (Å²) in [6.45, 7) is 5.70. The molecule has 1 aliphatic heterocycles. The Morgan fingerprint density at radius 3 is 1.56 bits per heavy atom. The summed E-state index contributed by atoms with van der Waals surface area (Å²) in [5.41, 5.74) is 0. The molecule has 7 heteroatoms. The van der Waals surface area contributed by atoms with E-state index in [1.165, 1.54) is 0 Å². The summed E-state index contributed by atoms with van der Waals surface area (Å²) < 4.78 is 27.3. The molecule has 1 unspecified atom stereocenters. The van der Waals surface area contributed by atoms with Crippen molar-refractivity contribution in [2.75, 3.05) is 66.1 Å². The highest BCUT2D eigenvalue weighted by Crippen LogP contribution is 2.13. The number of Topliss-reactive ketones (excluding diaryl/α,β-unsaturated/α-hetero) is 1. The molecule has 156 valence electrons. The van der Waals surface area contributed by atoms with E-state index < -0.39 is 5.92 Å². The molecular weight excluding hydrogens is 350 g/mol. The van der Waals surface area contributed by atoms with E-state index in [9.17, 15) is 10.1 Å². The van der Waals surface area contributed by atoms with Gasteiger partial charge in [0.15, 0.2) is 0 Å². The maximum absolute atomic E-state index is 12.1. The minimum atomic E-state index is -0.479. The van der Waals surface area contributed by atoms with Crippen molar-refractivity contribution in [2.45, 2.75) is 44.9 Å². The van der Waals surface area contributed by atoms with Crippen LogP contribution in [0, 0.1) is 17.2 Å². The summed E-state index contributed by atoms with van der Waals surface area (Å²) in [6, 6.07) is 2.15. The molecule has 0 aliphatic carbocycles. The van der Waals surface area contributed by atoms with E-state index in [0.717, 1.165) is 32.1 Å². The number of nitriles is 1. The summed E-state index contributed by atoms with van der Waals surface area (Å²) in [6.07, 6.45) is 5.46. The summed E-state index contributed by atoms with van der Waals surface area (Å²) >= 11 is 0. The zero-order valence-corrected chi connectivity index (χ0v) is 16.5. The van der Waals surface area contributed by atoms with Crippen LogP contribution in [0.5, 0.6) is 0 Å². The quantitative estimate of drug-likeness (QED) is 0.633. The van der Waals surface area contributed by atoms with Gasteiger partial charge >= 0.3 is 0 Å². The number of ether oxygens (including phenoxy) is 5. The van der Waals surface area contributed by atoms with Gasteiger partial charge in [-0.3, -0.25) is 4.79 Å². The highest BCUT2D eigenvalue weighted by Gasteiger charge is 2.16. The molecule has 0 aromatic rings. The van der Waals surface area contributed by atoms with Gasteiger partial charge in [-0.25, -0.2) is 0 Å². The number of carbonyl (C=O) groups excluding carboxylic acids is 1. The Balaban J connectivity index is 2.22. The molecule has 0 radical (unpaired) electrons. The van der Waals surface area contributed by atoms with E-state index in [1.807, 2.05) is 0 Å². The highest BCUT2D eigenvalue weighted by atomic mass is 16.6. The summed E-state index contributed by atoms with van der Waals surface area (Å²) in [5.74, 6) is -0.412. The minimum absolute atomic E-state index is 0.0674. The summed E-state index contributed by atoms with van der Waals surface area (Å²) in [5, 5.41) is 9.21. The maximum Gasteiger partial charge on any atom is 0.149 e. The first-order valence-corrected chi connectivity index (χ1v) is 10.2. The Kier molecular flexibility index (Phi) is 16.3. The summed E-state index contributed by atoms with van der Waals surface area (Å²) in [4.78, 5) is 12.1. The van der Waals surface area contributed by atoms with Crippen LogP contribution in [0.25, 0.3) is 0 Å². The second kappa shape index (κ2) is 18.3. The molecule has 0 bridgehead atoms. The zero-order valence-electron chi connectivity index (χ0n) is 16.5. The molecule has 27 heavy (non-hydrogen) atoms. The van der Waals surface area contributed by atoms with Gasteiger partial charge in [-0.15, -0.1) is 0 Å². The van der Waals surface area contributed by atoms with Crippen molar-refractivity contribution in [1.82, 2.24) is 0 Å². The molecule has 1 fully saturated rings. The highest BCUT2D eigenvalue weighted by molar-refractivity contribution is 5.83. The molecular formula is C20H35NO6. The van der Waals surface area contributed by atoms with Gasteiger partial charge in [-0.1, -0.05) is 6.42 Å². The fourth-order valence-electron chi connectivity index (χ4n) is 2.69. The van der Waals surface area contributed by atoms with Gasteiger partial charge in [0.1, 0.15) is 11.7 Å². The van der Waals surface area contributed by atoms with Crippen molar-refractivity contribution in [3.8, 4) is 6.07 Å². The Labute approximate surface area is 163 Å². The predicted octanol–water partition coefficient (Wildman–Crippen LogP) is 2.52. The molecule has 1 rings (SSSR count). The van der Waals surface area contributed by atoms with E-state index >= 15 is 0 Å². The van der Waals surface area contributed by atoms with Gasteiger partial charge in [0.25, 0.3) is 0 Å². The van der Waals surface area contributed by atoms with Gasteiger partial charge in [0.05, 0.1) is 58.9 Å². The van der Waals surface area contributed by atoms with Gasteiger partial charge in [0.2, 0.25) is 0 Å². The maximum atomic E-state index is 12.1. The van der Waals surface area contributed by atoms with E-state index in [2.05, 4.69) is 6.07 Å². The van der Waals surface area contributed by atoms with Crippen LogP contribution in [0.15, 0.2) is 0 Å². The predicted molar refractivity (Wildman–Crippen MR) is 101 cm³/mol. The first-order valence-electron chi connectivity index (χ1n) is 10.2. The first-order chi connectivity index (χ1) is 13.3. The molecule has 1 saturated heterocycles. The van der Waals surface area contributed by atoms with Crippen molar-refractivity contribution in [2.24, 2.45) is 5.92 Å². The molecule has 1 heterocycles. The van der Waals surface area contributed by atoms with Gasteiger partial charge in [-0.05, 0) is 32.1 Å². The number of nitrogens with zero attached hydrogens (tertiary/aromatic N) is 1. The third-order valence-corrected chi connectivity index (χ3v) is 4.28. The molecule has 7 nitrogen and oxygen atoms in total. The Morgan fingerprint density at radius 1 is 0.630 bits per heavy atom. The van der Waals surface area contributed by atoms with Crippen LogP contribution in [0.3, 0.4) is 0 Å². The second-order valence-electron chi connectivity index (χ2n) is 6.52. The molecule has 0 aromatic carbocycles. The lowest BCUT2D eigenvalue weighted by Gasteiger charge is -2.10. The lowest BCUT2D eigenvalue weighted by molar-refractivity contribution is -0.121. The summed E-state index contributed by atoms with van der Waals surface area (Å²) in [7, 11) is 0. The monoisotopic (exact) mass is 385 g/mol. The number of carbonyl (C=O) groups is 1. The molecule has 0 spiro atoms. The van der Waals surface area contributed by atoms with E-state index in [1.54, 1.807) is 0 Å². The average Bonchev–Trinajstić information content (AvgIpc) is 2.68. The van der Waals surface area contributed by atoms with Crippen molar-refractivity contribution < 1.29 is 28.5 Å². The normalized spacial score (nSPS) is 25.1. The number of hydrogen-bond donors (Lipinski definition) is 0. The van der Waals surface area contributed by atoms with Crippen LogP contribution in [0.1, 0.15) is 44.9 Å². The fourth-order valence-corrected chi connectivity index (χ4v) is 2.69. The molecule has 1 aliphatic rings. The van der Waals surface area contributed by atoms with Crippen LogP contribution in [0.2, 0.25) is 0 Å². The van der Waals surface area contributed by atoms with Gasteiger partial charge in [-0.2, -0.15) is 5.26 Å². The van der Waals surface area contributed by atoms with Gasteiger partial charge in [0, 0.05) is 19.6 Å². The minimum Gasteiger partial charge on any atom is -0.379 e. The molecule has 0 amide bonds. The Hall–Kier alpha value is -1.04. The standard InChI is InChI=1S/C20H35NO6/c21-18-19-6-3-5-9-24-11-13-26-15-17-27-16-14-25-12-10-23-8-4-1-2-7-20(19)22/h19H,1-17H2. The Bertz CT molecular complexity index is 398. The Morgan fingerprint density at radius 2 is 1.07 bits per heavy atom. The lowest BCUT2D eigenvalue weighted by Crippen LogP contribution is -2.14. The average molecular weight is 386 g/mol. The smallest absolute Gasteiger partial charge is 0.149 e. The fraction of sp³-hybridized carbons (Fsp3) is 0.900. The van der Waals surface area contributed by atoms with Crippen LogP contribution in [-0.4, -0.2) is 71.9 Å². The molecule has 0 saturated carbocycles. The van der Waals surface area contributed by atoms with Crippen LogP contribution >= 0.6 is 0 Å². The van der Waals surface area contributed by atoms with Crippen LogP contribution in [0.4, 0.5) is 0 Å². The van der Waals surface area contributed by atoms with Crippen molar-refractivity contribution in [3.63, 3.8) is 0 Å². The van der Waals surface area contributed by atoms with Crippen molar-refractivity contribution >= 4 is 5.78 Å². The van der Waals surface area contributed by atoms with E-state index in [4.69, 9.17) is 23.7 Å². The molecule has 0 N–H and O–H groups in total. The van der Waals surface area contributed by atoms with E-state index in [-0.39, 0.29) is 5.78 Å². The zero-order chi connectivity index (χ0) is 19.4. The first kappa shape index (κ1) is 24.0. The van der Waals surface area contributed by atoms with Crippen molar-refractivity contribution in [1.29, 1.82) is 5.26 Å². The largest absolute Gasteiger partial charge is 0.379 e. The van der Waals surface area contributed by atoms with Crippen LogP contribution in [-0.2, 0) is 28.5 Å². The lowest BCUT2D eigenvalue weighted by atomic mass is 9.95. The van der Waals surface area contributed by atoms with Crippen LogP contribution < -0.4 is 0 Å². The number of hydrogen-bond acceptors (Lipinski definition) is 7. The van der Waals surface area contributed by atoms with E-state index in [0.29, 0.717) is 78.9 Å². The third kappa shape index (κ3) is 14.7. The number of ketones is 1.